The van der Waals surface area contributed by atoms with E-state index in [0.717, 1.165) is 18.4 Å². The molecule has 0 aliphatic heterocycles. The molecule has 0 fully saturated rings. The van der Waals surface area contributed by atoms with Crippen molar-refractivity contribution in [3.05, 3.63) is 0 Å². The van der Waals surface area contributed by atoms with Gasteiger partial charge in [0.1, 0.15) is 0 Å². The highest BCUT2D eigenvalue weighted by atomic mass is 14.8. The van der Waals surface area contributed by atoms with Crippen LogP contribution in [0, 0.1) is 11.8 Å². The van der Waals surface area contributed by atoms with Gasteiger partial charge in [-0.1, -0.05) is 34.1 Å². The maximum absolute atomic E-state index is 3.36. The predicted molar refractivity (Wildman–Crippen MR) is 51.8 cm³/mol. The molecule has 2 unspecified atom stereocenters. The Morgan fingerprint density at radius 1 is 1.09 bits per heavy atom. The summed E-state index contributed by atoms with van der Waals surface area (Å²) in [5.74, 6) is 1.76. The van der Waals surface area contributed by atoms with Crippen LogP contribution in [0.5, 0.6) is 0 Å². The standard InChI is InChI=1S/C10H23N/c1-5-9(3)10(4)7-8-11-6-2/h9-11H,5-8H2,1-4H3. The van der Waals surface area contributed by atoms with Gasteiger partial charge in [0.2, 0.25) is 0 Å². The van der Waals surface area contributed by atoms with E-state index >= 15 is 0 Å². The molecule has 2 atom stereocenters. The first-order valence-corrected chi connectivity index (χ1v) is 4.93. The molecule has 0 saturated carbocycles. The smallest absolute Gasteiger partial charge is 0.00464 e. The zero-order valence-corrected chi connectivity index (χ0v) is 8.48. The Bertz CT molecular complexity index is 80.9. The van der Waals surface area contributed by atoms with Crippen LogP contribution in [0.2, 0.25) is 0 Å². The summed E-state index contributed by atoms with van der Waals surface area (Å²) < 4.78 is 0. The lowest BCUT2D eigenvalue weighted by atomic mass is 9.91. The Hall–Kier alpha value is -0.0400. The van der Waals surface area contributed by atoms with E-state index in [1.807, 2.05) is 0 Å². The molecule has 0 aromatic rings. The van der Waals surface area contributed by atoms with Crippen molar-refractivity contribution in [2.24, 2.45) is 11.8 Å². The summed E-state index contributed by atoms with van der Waals surface area (Å²) in [7, 11) is 0. The first kappa shape index (κ1) is 11.0. The van der Waals surface area contributed by atoms with E-state index in [1.165, 1.54) is 19.4 Å². The molecule has 0 aliphatic rings. The second-order valence-corrected chi connectivity index (χ2v) is 3.51. The molecule has 0 rings (SSSR count). The minimum atomic E-state index is 0.874. The first-order valence-electron chi connectivity index (χ1n) is 4.93. The van der Waals surface area contributed by atoms with E-state index in [4.69, 9.17) is 0 Å². The minimum Gasteiger partial charge on any atom is -0.317 e. The zero-order valence-electron chi connectivity index (χ0n) is 8.48. The Morgan fingerprint density at radius 3 is 2.18 bits per heavy atom. The second-order valence-electron chi connectivity index (χ2n) is 3.51. The fourth-order valence-electron chi connectivity index (χ4n) is 1.19. The molecule has 0 aromatic heterocycles. The number of nitrogens with one attached hydrogen (secondary N) is 1. The van der Waals surface area contributed by atoms with Crippen molar-refractivity contribution in [1.82, 2.24) is 5.32 Å². The van der Waals surface area contributed by atoms with Crippen LogP contribution in [0.3, 0.4) is 0 Å². The van der Waals surface area contributed by atoms with Crippen molar-refractivity contribution in [3.63, 3.8) is 0 Å². The van der Waals surface area contributed by atoms with Crippen molar-refractivity contribution < 1.29 is 0 Å². The summed E-state index contributed by atoms with van der Waals surface area (Å²) >= 11 is 0. The molecule has 11 heavy (non-hydrogen) atoms. The Morgan fingerprint density at radius 2 is 1.73 bits per heavy atom. The van der Waals surface area contributed by atoms with Gasteiger partial charge in [-0.15, -0.1) is 0 Å². The van der Waals surface area contributed by atoms with Crippen LogP contribution in [-0.4, -0.2) is 13.1 Å². The fraction of sp³-hybridized carbons (Fsp3) is 1.00. The topological polar surface area (TPSA) is 12.0 Å². The van der Waals surface area contributed by atoms with Crippen molar-refractivity contribution in [3.8, 4) is 0 Å². The monoisotopic (exact) mass is 157 g/mol. The molecule has 0 aromatic carbocycles. The van der Waals surface area contributed by atoms with E-state index in [0.29, 0.717) is 0 Å². The molecule has 0 spiro atoms. The van der Waals surface area contributed by atoms with Crippen LogP contribution in [0.25, 0.3) is 0 Å². The van der Waals surface area contributed by atoms with Crippen LogP contribution >= 0.6 is 0 Å². The van der Waals surface area contributed by atoms with E-state index < -0.39 is 0 Å². The quantitative estimate of drug-likeness (QED) is 0.584. The van der Waals surface area contributed by atoms with Gasteiger partial charge in [0.25, 0.3) is 0 Å². The first-order chi connectivity index (χ1) is 5.22. The maximum atomic E-state index is 3.36. The lowest BCUT2D eigenvalue weighted by molar-refractivity contribution is 0.350. The Balaban J connectivity index is 3.28. The maximum Gasteiger partial charge on any atom is -0.00464 e. The molecule has 0 heterocycles. The highest BCUT2D eigenvalue weighted by molar-refractivity contribution is 4.61. The third-order valence-electron chi connectivity index (χ3n) is 2.64. The molecular weight excluding hydrogens is 134 g/mol. The Labute approximate surface area is 71.6 Å². The lowest BCUT2D eigenvalue weighted by Crippen LogP contribution is -2.19. The third kappa shape index (κ3) is 5.25. The summed E-state index contributed by atoms with van der Waals surface area (Å²) in [6.07, 6.45) is 2.64. The largest absolute Gasteiger partial charge is 0.317 e. The van der Waals surface area contributed by atoms with Crippen LogP contribution in [0.15, 0.2) is 0 Å². The van der Waals surface area contributed by atoms with Gasteiger partial charge < -0.3 is 5.32 Å². The molecule has 0 aliphatic carbocycles. The van der Waals surface area contributed by atoms with Gasteiger partial charge in [-0.2, -0.15) is 0 Å². The molecule has 68 valence electrons. The lowest BCUT2D eigenvalue weighted by Gasteiger charge is -2.17. The van der Waals surface area contributed by atoms with Crippen LogP contribution in [0.4, 0.5) is 0 Å². The van der Waals surface area contributed by atoms with Gasteiger partial charge in [-0.25, -0.2) is 0 Å². The highest BCUT2D eigenvalue weighted by Crippen LogP contribution is 2.16. The molecule has 0 saturated heterocycles. The predicted octanol–water partition coefficient (Wildman–Crippen LogP) is 2.67. The van der Waals surface area contributed by atoms with Gasteiger partial charge in [0, 0.05) is 0 Å². The van der Waals surface area contributed by atoms with E-state index in [1.54, 1.807) is 0 Å². The van der Waals surface area contributed by atoms with E-state index in [-0.39, 0.29) is 0 Å². The van der Waals surface area contributed by atoms with Crippen molar-refractivity contribution in [1.29, 1.82) is 0 Å². The molecule has 0 amide bonds. The highest BCUT2D eigenvalue weighted by Gasteiger charge is 2.08. The summed E-state index contributed by atoms with van der Waals surface area (Å²) in [5, 5.41) is 3.36. The zero-order chi connectivity index (χ0) is 8.69. The van der Waals surface area contributed by atoms with E-state index in [2.05, 4.69) is 33.0 Å². The van der Waals surface area contributed by atoms with E-state index in [9.17, 15) is 0 Å². The van der Waals surface area contributed by atoms with Crippen LogP contribution in [0.1, 0.15) is 40.5 Å². The third-order valence-corrected chi connectivity index (χ3v) is 2.64. The average Bonchev–Trinajstić information content (AvgIpc) is 2.03. The van der Waals surface area contributed by atoms with Crippen molar-refractivity contribution >= 4 is 0 Å². The van der Waals surface area contributed by atoms with Gasteiger partial charge >= 0.3 is 0 Å². The number of hydrogen-bond donors (Lipinski definition) is 1. The van der Waals surface area contributed by atoms with Crippen LogP contribution in [-0.2, 0) is 0 Å². The molecule has 1 heteroatoms. The molecule has 1 N–H and O–H groups in total. The van der Waals surface area contributed by atoms with Gasteiger partial charge in [0.15, 0.2) is 0 Å². The molecule has 0 radical (unpaired) electrons. The molecule has 0 bridgehead atoms. The average molecular weight is 157 g/mol. The SMILES string of the molecule is CCNCCC(C)C(C)CC. The summed E-state index contributed by atoms with van der Waals surface area (Å²) in [5.41, 5.74) is 0. The Kier molecular flexibility index (Phi) is 6.63. The van der Waals surface area contributed by atoms with Gasteiger partial charge in [-0.3, -0.25) is 0 Å². The normalized spacial score (nSPS) is 16.4. The van der Waals surface area contributed by atoms with Gasteiger partial charge in [-0.05, 0) is 31.3 Å². The van der Waals surface area contributed by atoms with Crippen molar-refractivity contribution in [2.75, 3.05) is 13.1 Å². The molecule has 1 nitrogen and oxygen atoms in total. The number of rotatable bonds is 6. The van der Waals surface area contributed by atoms with Crippen molar-refractivity contribution in [2.45, 2.75) is 40.5 Å². The second kappa shape index (κ2) is 6.66. The summed E-state index contributed by atoms with van der Waals surface area (Å²) in [6, 6.07) is 0. The number of hydrogen-bond acceptors (Lipinski definition) is 1. The molecular formula is C10H23N. The van der Waals surface area contributed by atoms with Gasteiger partial charge in [0.05, 0.1) is 0 Å². The summed E-state index contributed by atoms with van der Waals surface area (Å²) in [6.45, 7) is 11.4. The minimum absolute atomic E-state index is 0.874. The fourth-order valence-corrected chi connectivity index (χ4v) is 1.19. The summed E-state index contributed by atoms with van der Waals surface area (Å²) in [4.78, 5) is 0. The van der Waals surface area contributed by atoms with Crippen LogP contribution < -0.4 is 5.32 Å².